The second kappa shape index (κ2) is 8.90. The normalized spacial score (nSPS) is 13.4. The highest BCUT2D eigenvalue weighted by molar-refractivity contribution is 7.89. The number of aromatic nitrogens is 4. The molecule has 0 bridgehead atoms. The van der Waals surface area contributed by atoms with Gasteiger partial charge in [-0.1, -0.05) is 6.07 Å². The molecule has 0 unspecified atom stereocenters. The first-order valence-electron chi connectivity index (χ1n) is 11.8. The van der Waals surface area contributed by atoms with Crippen LogP contribution in [-0.4, -0.2) is 59.7 Å². The topological polar surface area (TPSA) is 147 Å². The third-order valence-electron chi connectivity index (χ3n) is 6.41. The van der Waals surface area contributed by atoms with Crippen molar-refractivity contribution < 1.29 is 17.6 Å². The lowest BCUT2D eigenvalue weighted by Crippen LogP contribution is -2.23. The van der Waals surface area contributed by atoms with Crippen LogP contribution in [0.5, 0.6) is 0 Å². The standard InChI is InChI=1S/C25H24N8O4S/c1-26-38(35,36)20-6-7-21(31-17(20)13-32(2)3)30-16-5-4-14(15-10-28-24(34)23(15)16)19-11-27-22-12-29-25-18(33(19)22)8-9-37-25/h4-9,11-12,26H,10,13H2,1-3H3,(H,28,34)(H,30,31). The molecule has 0 saturated carbocycles. The number of anilines is 2. The monoisotopic (exact) mass is 532 g/mol. The van der Waals surface area contributed by atoms with Crippen molar-refractivity contribution in [2.45, 2.75) is 18.0 Å². The van der Waals surface area contributed by atoms with Crippen molar-refractivity contribution in [3.8, 4) is 11.3 Å². The van der Waals surface area contributed by atoms with Gasteiger partial charge in [0, 0.05) is 24.7 Å². The van der Waals surface area contributed by atoms with E-state index >= 15 is 0 Å². The van der Waals surface area contributed by atoms with Crippen LogP contribution in [0.3, 0.4) is 0 Å². The maximum atomic E-state index is 13.0. The quantitative estimate of drug-likeness (QED) is 0.288. The molecule has 5 aromatic rings. The molecule has 1 aliphatic heterocycles. The second-order valence-corrected chi connectivity index (χ2v) is 11.0. The Hall–Kier alpha value is -4.33. The number of rotatable bonds is 7. The predicted molar refractivity (Wildman–Crippen MR) is 141 cm³/mol. The molecule has 1 aromatic carbocycles. The van der Waals surface area contributed by atoms with Gasteiger partial charge in [-0.25, -0.2) is 28.1 Å². The Morgan fingerprint density at radius 1 is 1.13 bits per heavy atom. The van der Waals surface area contributed by atoms with Gasteiger partial charge in [0.15, 0.2) is 5.65 Å². The van der Waals surface area contributed by atoms with Crippen molar-refractivity contribution in [1.29, 1.82) is 0 Å². The van der Waals surface area contributed by atoms with Gasteiger partial charge in [0.1, 0.15) is 16.2 Å². The molecule has 0 atom stereocenters. The van der Waals surface area contributed by atoms with Crippen LogP contribution in [0.1, 0.15) is 21.6 Å². The number of furan rings is 1. The van der Waals surface area contributed by atoms with Crippen LogP contribution in [-0.2, 0) is 23.1 Å². The molecule has 13 heteroatoms. The van der Waals surface area contributed by atoms with E-state index in [4.69, 9.17) is 4.42 Å². The summed E-state index contributed by atoms with van der Waals surface area (Å²) in [5.41, 5.74) is 5.85. The predicted octanol–water partition coefficient (Wildman–Crippen LogP) is 2.49. The van der Waals surface area contributed by atoms with Crippen LogP contribution in [0.25, 0.3) is 28.1 Å². The number of pyridine rings is 1. The van der Waals surface area contributed by atoms with Gasteiger partial charge in [0.05, 0.1) is 41.3 Å². The molecule has 0 aliphatic carbocycles. The zero-order valence-corrected chi connectivity index (χ0v) is 21.6. The van der Waals surface area contributed by atoms with Crippen LogP contribution in [0.2, 0.25) is 0 Å². The lowest BCUT2D eigenvalue weighted by atomic mass is 9.99. The third kappa shape index (κ3) is 3.88. The minimum Gasteiger partial charge on any atom is -0.445 e. The first-order valence-corrected chi connectivity index (χ1v) is 13.2. The highest BCUT2D eigenvalue weighted by atomic mass is 32.2. The molecule has 0 radical (unpaired) electrons. The number of nitrogens with one attached hydrogen (secondary N) is 3. The molecule has 3 N–H and O–H groups in total. The van der Waals surface area contributed by atoms with Crippen molar-refractivity contribution in [3.63, 3.8) is 0 Å². The van der Waals surface area contributed by atoms with Crippen LogP contribution in [0.15, 0.2) is 58.3 Å². The average molecular weight is 533 g/mol. The first-order chi connectivity index (χ1) is 18.3. The number of hydrogen-bond acceptors (Lipinski definition) is 9. The van der Waals surface area contributed by atoms with Gasteiger partial charge in [-0.2, -0.15) is 0 Å². The fourth-order valence-corrected chi connectivity index (χ4v) is 5.62. The number of fused-ring (bicyclic) bond motifs is 4. The van der Waals surface area contributed by atoms with E-state index < -0.39 is 10.0 Å². The zero-order valence-electron chi connectivity index (χ0n) is 20.8. The number of carbonyl (C=O) groups is 1. The Labute approximate surface area is 217 Å². The molecule has 0 saturated heterocycles. The Bertz CT molecular complexity index is 1840. The largest absolute Gasteiger partial charge is 0.445 e. The van der Waals surface area contributed by atoms with E-state index in [9.17, 15) is 13.2 Å². The van der Waals surface area contributed by atoms with Crippen LogP contribution >= 0.6 is 0 Å². The Balaban J connectivity index is 1.44. The highest BCUT2D eigenvalue weighted by Gasteiger charge is 2.28. The maximum Gasteiger partial charge on any atom is 0.254 e. The van der Waals surface area contributed by atoms with Gasteiger partial charge < -0.3 is 20.0 Å². The Morgan fingerprint density at radius 3 is 2.76 bits per heavy atom. The molecule has 0 spiro atoms. The summed E-state index contributed by atoms with van der Waals surface area (Å²) >= 11 is 0. The first kappa shape index (κ1) is 24.0. The smallest absolute Gasteiger partial charge is 0.254 e. The van der Waals surface area contributed by atoms with E-state index in [-0.39, 0.29) is 10.8 Å². The van der Waals surface area contributed by atoms with E-state index in [1.807, 2.05) is 41.6 Å². The van der Waals surface area contributed by atoms with Crippen molar-refractivity contribution in [1.82, 2.24) is 34.3 Å². The molecule has 1 amide bonds. The Morgan fingerprint density at radius 2 is 1.97 bits per heavy atom. The van der Waals surface area contributed by atoms with E-state index in [1.165, 1.54) is 13.1 Å². The molecule has 5 heterocycles. The minimum absolute atomic E-state index is 0.102. The van der Waals surface area contributed by atoms with Crippen LogP contribution in [0, 0.1) is 0 Å². The number of benzene rings is 1. The number of amides is 1. The molecule has 194 valence electrons. The van der Waals surface area contributed by atoms with E-state index in [2.05, 4.69) is 30.3 Å². The number of sulfonamides is 1. The SMILES string of the molecule is CNS(=O)(=O)c1ccc(Nc2ccc(-c3cnc4cnc5occc5n34)c3c2C(=O)NC3)nc1CN(C)C. The summed E-state index contributed by atoms with van der Waals surface area (Å²) in [6.45, 7) is 0.666. The molecule has 12 nitrogen and oxygen atoms in total. The van der Waals surface area contributed by atoms with Gasteiger partial charge in [0.2, 0.25) is 15.7 Å². The van der Waals surface area contributed by atoms with E-state index in [1.54, 1.807) is 24.7 Å². The number of imidazole rings is 1. The molecule has 38 heavy (non-hydrogen) atoms. The summed E-state index contributed by atoms with van der Waals surface area (Å²) < 4.78 is 34.8. The lowest BCUT2D eigenvalue weighted by molar-refractivity contribution is 0.0966. The summed E-state index contributed by atoms with van der Waals surface area (Å²) in [6, 6.07) is 8.67. The molecule has 0 fully saturated rings. The summed E-state index contributed by atoms with van der Waals surface area (Å²) in [4.78, 5) is 28.3. The molecule has 6 rings (SSSR count). The van der Waals surface area contributed by atoms with E-state index in [0.29, 0.717) is 47.2 Å². The van der Waals surface area contributed by atoms with Crippen molar-refractivity contribution >= 4 is 44.3 Å². The summed E-state index contributed by atoms with van der Waals surface area (Å²) in [5, 5.41) is 6.14. The van der Waals surface area contributed by atoms with Crippen molar-refractivity contribution in [3.05, 3.63) is 65.8 Å². The summed E-state index contributed by atoms with van der Waals surface area (Å²) in [5.74, 6) is 0.212. The zero-order chi connectivity index (χ0) is 26.6. The highest BCUT2D eigenvalue weighted by Crippen LogP contribution is 2.36. The number of nitrogens with zero attached hydrogens (tertiary/aromatic N) is 5. The van der Waals surface area contributed by atoms with Gasteiger partial charge in [-0.3, -0.25) is 9.20 Å². The van der Waals surface area contributed by atoms with Gasteiger partial charge in [-0.05, 0) is 44.9 Å². The van der Waals surface area contributed by atoms with Crippen molar-refractivity contribution in [2.24, 2.45) is 0 Å². The molecule has 4 aromatic heterocycles. The third-order valence-corrected chi connectivity index (χ3v) is 7.90. The number of carbonyl (C=O) groups excluding carboxylic acids is 1. The summed E-state index contributed by atoms with van der Waals surface area (Å²) in [6.07, 6.45) is 4.98. The maximum absolute atomic E-state index is 13.0. The fraction of sp³-hybridized carbons (Fsp3) is 0.200. The minimum atomic E-state index is -3.69. The van der Waals surface area contributed by atoms with Crippen LogP contribution < -0.4 is 15.4 Å². The lowest BCUT2D eigenvalue weighted by Gasteiger charge is -2.17. The van der Waals surface area contributed by atoms with Crippen molar-refractivity contribution in [2.75, 3.05) is 26.5 Å². The fourth-order valence-electron chi connectivity index (χ4n) is 4.73. The average Bonchev–Trinajstić information content (AvgIpc) is 3.62. The number of hydrogen-bond donors (Lipinski definition) is 3. The molecule has 1 aliphatic rings. The Kier molecular flexibility index (Phi) is 5.63. The van der Waals surface area contributed by atoms with Gasteiger partial charge >= 0.3 is 0 Å². The van der Waals surface area contributed by atoms with Gasteiger partial charge in [-0.15, -0.1) is 0 Å². The summed E-state index contributed by atoms with van der Waals surface area (Å²) in [7, 11) is 1.34. The molecular formula is C25H24N8O4S. The van der Waals surface area contributed by atoms with E-state index in [0.717, 1.165) is 22.3 Å². The molecular weight excluding hydrogens is 508 g/mol. The van der Waals surface area contributed by atoms with Gasteiger partial charge in [0.25, 0.3) is 5.91 Å². The second-order valence-electron chi connectivity index (χ2n) is 9.11. The van der Waals surface area contributed by atoms with Crippen LogP contribution in [0.4, 0.5) is 11.5 Å².